The average Bonchev–Trinajstić information content (AvgIpc) is 3.81. The van der Waals surface area contributed by atoms with Crippen molar-refractivity contribution in [3.8, 4) is 24.3 Å². The molecule has 0 saturated heterocycles. The third-order valence-corrected chi connectivity index (χ3v) is 8.99. The minimum absolute atomic E-state index is 0.0407. The van der Waals surface area contributed by atoms with Gasteiger partial charge in [-0.15, -0.1) is 22.7 Å². The molecule has 0 atom stereocenters. The Bertz CT molecular complexity index is 2110. The molecule has 15 nitrogen and oxygen atoms in total. The van der Waals surface area contributed by atoms with Gasteiger partial charge in [0, 0.05) is 20.8 Å². The van der Waals surface area contributed by atoms with Crippen LogP contribution in [0.15, 0.2) is 57.5 Å². The number of amides is 1. The van der Waals surface area contributed by atoms with Crippen LogP contribution in [0.1, 0.15) is 52.9 Å². The quantitative estimate of drug-likeness (QED) is 0.0769. The van der Waals surface area contributed by atoms with Gasteiger partial charge in [0.1, 0.15) is 24.3 Å². The number of nitrogen functional groups attached to an aromatic ring is 1. The van der Waals surface area contributed by atoms with Crippen molar-refractivity contribution in [1.82, 2.24) is 14.9 Å². The van der Waals surface area contributed by atoms with E-state index in [9.17, 15) is 9.59 Å². The van der Waals surface area contributed by atoms with Gasteiger partial charge in [-0.05, 0) is 67.6 Å². The van der Waals surface area contributed by atoms with Gasteiger partial charge in [-0.1, -0.05) is 77.5 Å². The van der Waals surface area contributed by atoms with Crippen LogP contribution in [-0.2, 0) is 22.9 Å². The number of nitrogens with two attached hydrogens (primary N) is 1. The average molecular weight is 898 g/mol. The molecule has 4 aromatic rings. The first-order valence-electron chi connectivity index (χ1n) is 15.5. The number of nitrogens with zero attached hydrogens (tertiary/aromatic N) is 9. The fraction of sp³-hybridized carbons (Fsp3) is 0.235. The predicted octanol–water partition coefficient (Wildman–Crippen LogP) is 8.99. The Morgan fingerprint density at radius 2 is 1.21 bits per heavy atom. The topological polar surface area (TPSA) is 240 Å². The zero-order valence-electron chi connectivity index (χ0n) is 29.6. The van der Waals surface area contributed by atoms with Gasteiger partial charge in [-0.3, -0.25) is 14.9 Å². The van der Waals surface area contributed by atoms with Crippen LogP contribution in [0.2, 0.25) is 20.1 Å². The van der Waals surface area contributed by atoms with Gasteiger partial charge in [0.15, 0.2) is 23.5 Å². The fourth-order valence-electron chi connectivity index (χ4n) is 3.43. The monoisotopic (exact) mass is 895 g/mol. The molecule has 0 saturated carbocycles. The second kappa shape index (κ2) is 27.5. The molecule has 56 heavy (non-hydrogen) atoms. The van der Waals surface area contributed by atoms with Crippen molar-refractivity contribution in [2.75, 3.05) is 30.7 Å². The highest BCUT2D eigenvalue weighted by atomic mass is 35.5. The SMILES string of the molecule is CCN(CC)CC.N#CC(C#N)=NOCc1csc(N)n1.N#CC(C#N)=NOCc1csc(NC(=O)c2ccc(Cl)cc2Cl)n1.O=C(Cl)c1ccc(Cl)cc1Cl. The normalized spacial score (nSPS) is 9.38. The molecule has 2 aromatic carbocycles. The molecule has 0 spiro atoms. The first-order chi connectivity index (χ1) is 26.7. The number of halogens is 5. The number of carbonyl (C=O) groups is 2. The van der Waals surface area contributed by atoms with E-state index in [1.54, 1.807) is 47.2 Å². The van der Waals surface area contributed by atoms with Gasteiger partial charge in [-0.2, -0.15) is 21.0 Å². The molecule has 292 valence electrons. The van der Waals surface area contributed by atoms with Crippen LogP contribution in [-0.4, -0.2) is 57.1 Å². The Hall–Kier alpha value is -5.05. The maximum Gasteiger partial charge on any atom is 0.258 e. The molecule has 0 unspecified atom stereocenters. The van der Waals surface area contributed by atoms with Crippen LogP contribution in [0, 0.1) is 45.3 Å². The van der Waals surface area contributed by atoms with Gasteiger partial charge in [-0.25, -0.2) is 9.97 Å². The zero-order valence-corrected chi connectivity index (χ0v) is 35.0. The maximum atomic E-state index is 12.1. The maximum absolute atomic E-state index is 12.1. The van der Waals surface area contributed by atoms with Crippen LogP contribution >= 0.6 is 80.7 Å². The molecule has 2 heterocycles. The molecule has 1 amide bonds. The number of hydrogen-bond acceptors (Lipinski definition) is 16. The van der Waals surface area contributed by atoms with Crippen LogP contribution in [0.25, 0.3) is 0 Å². The van der Waals surface area contributed by atoms with E-state index in [0.29, 0.717) is 31.7 Å². The van der Waals surface area contributed by atoms with Crippen LogP contribution < -0.4 is 11.1 Å². The lowest BCUT2D eigenvalue weighted by molar-refractivity contribution is 0.102. The van der Waals surface area contributed by atoms with E-state index in [1.165, 1.54) is 66.6 Å². The van der Waals surface area contributed by atoms with E-state index >= 15 is 0 Å². The first-order valence-corrected chi connectivity index (χ1v) is 19.2. The number of anilines is 2. The van der Waals surface area contributed by atoms with Gasteiger partial charge >= 0.3 is 0 Å². The molecule has 0 fully saturated rings. The van der Waals surface area contributed by atoms with Crippen molar-refractivity contribution >= 4 is 114 Å². The number of nitriles is 4. The van der Waals surface area contributed by atoms with Crippen molar-refractivity contribution < 1.29 is 19.3 Å². The summed E-state index contributed by atoms with van der Waals surface area (Å²) in [5.41, 5.74) is 6.30. The van der Waals surface area contributed by atoms with E-state index in [0.717, 1.165) is 0 Å². The van der Waals surface area contributed by atoms with Crippen LogP contribution in [0.5, 0.6) is 0 Å². The number of benzene rings is 2. The Balaban J connectivity index is 0.000000415. The Morgan fingerprint density at radius 1 is 0.768 bits per heavy atom. The molecule has 0 aliphatic carbocycles. The standard InChI is InChI=1S/C14H7Cl2N5O2S.C7H3Cl3O.C7H5N5OS.C6H15N/c15-8-1-2-11(12(16)3-8)13(22)20-14-19-10(7-24-14)6-23-21-9(4-17)5-18;8-4-1-2-5(7(10)11)6(9)3-4;8-1-5(2-9)12-13-3-6-4-14-7(10)11-6;1-4-7(5-2)6-3/h1-3,7H,6H2,(H,19,20,22);1-3H;4H,3H2,(H2,10,11);4-6H2,1-3H3. The number of aromatic nitrogens is 2. The van der Waals surface area contributed by atoms with Crippen molar-refractivity contribution in [2.45, 2.75) is 34.0 Å². The Labute approximate surface area is 355 Å². The molecule has 0 aliphatic heterocycles. The summed E-state index contributed by atoms with van der Waals surface area (Å²) in [4.78, 5) is 42.7. The van der Waals surface area contributed by atoms with E-state index < -0.39 is 16.9 Å². The molecule has 3 N–H and O–H groups in total. The number of thiazole rings is 2. The second-order valence-corrected chi connectivity index (χ2v) is 13.6. The highest BCUT2D eigenvalue weighted by Gasteiger charge is 2.13. The van der Waals surface area contributed by atoms with Crippen molar-refractivity contribution in [1.29, 1.82) is 21.0 Å². The number of oxime groups is 2. The molecule has 4 rings (SSSR count). The number of nitrogens with one attached hydrogen (secondary N) is 1. The second-order valence-electron chi connectivity index (χ2n) is 9.79. The molecule has 0 bridgehead atoms. The predicted molar refractivity (Wildman–Crippen MR) is 220 cm³/mol. The summed E-state index contributed by atoms with van der Waals surface area (Å²) in [6.45, 7) is 10.2. The summed E-state index contributed by atoms with van der Waals surface area (Å²) in [6, 6.07) is 15.3. The third-order valence-electron chi connectivity index (χ3n) is 6.16. The number of rotatable bonds is 12. The fourth-order valence-corrected chi connectivity index (χ4v) is 5.87. The largest absolute Gasteiger partial charge is 0.388 e. The minimum Gasteiger partial charge on any atom is -0.388 e. The highest BCUT2D eigenvalue weighted by Crippen LogP contribution is 2.24. The molecule has 22 heteroatoms. The van der Waals surface area contributed by atoms with Gasteiger partial charge < -0.3 is 20.3 Å². The smallest absolute Gasteiger partial charge is 0.258 e. The number of hydrogen-bond donors (Lipinski definition) is 2. The summed E-state index contributed by atoms with van der Waals surface area (Å²) >= 11 is 30.6. The minimum atomic E-state index is -0.577. The molecule has 2 aromatic heterocycles. The molecule has 0 aliphatic rings. The third kappa shape index (κ3) is 19.0. The van der Waals surface area contributed by atoms with Crippen LogP contribution in [0.4, 0.5) is 10.3 Å². The van der Waals surface area contributed by atoms with Crippen LogP contribution in [0.3, 0.4) is 0 Å². The molecular formula is C34H30Cl5N11O4S2. The van der Waals surface area contributed by atoms with Gasteiger partial charge in [0.25, 0.3) is 22.6 Å². The molecule has 0 radical (unpaired) electrons. The molecular weight excluding hydrogens is 868 g/mol. The summed E-state index contributed by atoms with van der Waals surface area (Å²) in [6.07, 6.45) is 0. The van der Waals surface area contributed by atoms with Crippen molar-refractivity contribution in [3.63, 3.8) is 0 Å². The van der Waals surface area contributed by atoms with Gasteiger partial charge in [0.2, 0.25) is 0 Å². The summed E-state index contributed by atoms with van der Waals surface area (Å²) in [5, 5.41) is 47.8. The van der Waals surface area contributed by atoms with E-state index in [2.05, 4.69) is 51.3 Å². The van der Waals surface area contributed by atoms with Crippen molar-refractivity contribution in [3.05, 3.63) is 89.8 Å². The highest BCUT2D eigenvalue weighted by molar-refractivity contribution is 7.14. The summed E-state index contributed by atoms with van der Waals surface area (Å²) in [5.74, 6) is -0.423. The van der Waals surface area contributed by atoms with E-state index in [-0.39, 0.29) is 40.1 Å². The summed E-state index contributed by atoms with van der Waals surface area (Å²) < 4.78 is 0. The lowest BCUT2D eigenvalue weighted by Crippen LogP contribution is -2.21. The van der Waals surface area contributed by atoms with E-state index in [1.807, 2.05) is 0 Å². The Morgan fingerprint density at radius 3 is 1.59 bits per heavy atom. The lowest BCUT2D eigenvalue weighted by Gasteiger charge is -2.13. The lowest BCUT2D eigenvalue weighted by atomic mass is 10.2. The van der Waals surface area contributed by atoms with Crippen molar-refractivity contribution in [2.24, 2.45) is 10.3 Å². The number of carbonyl (C=O) groups excluding carboxylic acids is 2. The zero-order chi connectivity index (χ0) is 42.0. The first kappa shape index (κ1) is 49.0. The van der Waals surface area contributed by atoms with Gasteiger partial charge in [0.05, 0.1) is 32.6 Å². The Kier molecular flexibility index (Phi) is 24.1. The van der Waals surface area contributed by atoms with E-state index in [4.69, 9.17) is 94.5 Å². The summed E-state index contributed by atoms with van der Waals surface area (Å²) in [7, 11) is 0.